The first-order valence-electron chi connectivity index (χ1n) is 14.9. The number of benzene rings is 3. The second kappa shape index (κ2) is 13.2. The minimum Gasteiger partial charge on any atom is -0.497 e. The molecule has 9 nitrogen and oxygen atoms in total. The summed E-state index contributed by atoms with van der Waals surface area (Å²) in [6, 6.07) is 22.5. The zero-order valence-electron chi connectivity index (χ0n) is 25.8. The molecule has 5 aromatic rings. The number of hydrogen-bond donors (Lipinski definition) is 1. The molecule has 0 atom stereocenters. The third-order valence-corrected chi connectivity index (χ3v) is 8.15. The predicted octanol–water partition coefficient (Wildman–Crippen LogP) is 6.60. The Bertz CT molecular complexity index is 1880. The molecule has 0 aliphatic carbocycles. The number of nitrogens with zero attached hydrogens (tertiary/aromatic N) is 4. The van der Waals surface area contributed by atoms with Gasteiger partial charge < -0.3 is 24.3 Å². The number of ether oxygens (including phenoxy) is 2. The highest BCUT2D eigenvalue weighted by Gasteiger charge is 2.30. The van der Waals surface area contributed by atoms with Gasteiger partial charge in [-0.25, -0.2) is 4.98 Å². The van der Waals surface area contributed by atoms with Crippen LogP contribution in [0.4, 0.5) is 18.9 Å². The van der Waals surface area contributed by atoms with Gasteiger partial charge in [0.05, 0.1) is 30.1 Å². The summed E-state index contributed by atoms with van der Waals surface area (Å²) in [6.45, 7) is 3.65. The van der Waals surface area contributed by atoms with Crippen LogP contribution in [-0.4, -0.2) is 64.5 Å². The van der Waals surface area contributed by atoms with Crippen LogP contribution < -0.4 is 14.8 Å². The van der Waals surface area contributed by atoms with Gasteiger partial charge in [0.25, 0.3) is 11.8 Å². The average molecular weight is 644 g/mol. The van der Waals surface area contributed by atoms with E-state index in [0.717, 1.165) is 60.6 Å². The molecule has 1 N–H and O–H groups in total. The fourth-order valence-corrected chi connectivity index (χ4v) is 5.49. The normalized spacial score (nSPS) is 13.9. The van der Waals surface area contributed by atoms with Crippen molar-refractivity contribution < 1.29 is 32.2 Å². The Kier molecular flexibility index (Phi) is 8.86. The summed E-state index contributed by atoms with van der Waals surface area (Å²) in [5.74, 6) is 1.03. The number of hydrogen-bond acceptors (Lipinski definition) is 6. The largest absolute Gasteiger partial charge is 0.497 e. The highest BCUT2D eigenvalue weighted by atomic mass is 19.4. The number of anilines is 1. The molecule has 12 heteroatoms. The number of halogens is 3. The first kappa shape index (κ1) is 31.6. The molecule has 6 rings (SSSR count). The molecule has 0 bridgehead atoms. The number of methoxy groups -OCH3 is 1. The van der Waals surface area contributed by atoms with E-state index >= 15 is 0 Å². The van der Waals surface area contributed by atoms with Gasteiger partial charge in [0.2, 0.25) is 5.88 Å². The lowest BCUT2D eigenvalue weighted by Crippen LogP contribution is -2.48. The van der Waals surface area contributed by atoms with Gasteiger partial charge in [0.15, 0.2) is 0 Å². The Labute approximate surface area is 269 Å². The fourth-order valence-electron chi connectivity index (χ4n) is 5.49. The maximum Gasteiger partial charge on any atom is 0.416 e. The van der Waals surface area contributed by atoms with Crippen LogP contribution in [0.15, 0.2) is 91.1 Å². The van der Waals surface area contributed by atoms with Crippen molar-refractivity contribution in [1.29, 1.82) is 0 Å². The lowest BCUT2D eigenvalue weighted by atomic mass is 10.1. The van der Waals surface area contributed by atoms with Gasteiger partial charge >= 0.3 is 6.18 Å². The Morgan fingerprint density at radius 3 is 2.21 bits per heavy atom. The monoisotopic (exact) mass is 643 g/mol. The number of aromatic nitrogens is 2. The van der Waals surface area contributed by atoms with E-state index in [-0.39, 0.29) is 17.4 Å². The van der Waals surface area contributed by atoms with Crippen molar-refractivity contribution in [3.63, 3.8) is 0 Å². The van der Waals surface area contributed by atoms with Gasteiger partial charge in [-0.1, -0.05) is 12.1 Å². The summed E-state index contributed by atoms with van der Waals surface area (Å²) < 4.78 is 51.4. The number of pyridine rings is 1. The van der Waals surface area contributed by atoms with Crippen LogP contribution in [0, 0.1) is 0 Å². The third-order valence-electron chi connectivity index (χ3n) is 8.15. The van der Waals surface area contributed by atoms with Crippen molar-refractivity contribution in [3.05, 3.63) is 114 Å². The minimum atomic E-state index is -4.48. The van der Waals surface area contributed by atoms with E-state index < -0.39 is 17.6 Å². The van der Waals surface area contributed by atoms with Crippen molar-refractivity contribution in [2.45, 2.75) is 12.7 Å². The first-order valence-corrected chi connectivity index (χ1v) is 14.9. The molecule has 2 aromatic heterocycles. The molecule has 242 valence electrons. The molecule has 1 saturated heterocycles. The zero-order chi connectivity index (χ0) is 33.1. The topological polar surface area (TPSA) is 88.9 Å². The summed E-state index contributed by atoms with van der Waals surface area (Å²) in [7, 11) is 3.50. The summed E-state index contributed by atoms with van der Waals surface area (Å²) in [4.78, 5) is 34.4. The zero-order valence-corrected chi connectivity index (χ0v) is 25.8. The van der Waals surface area contributed by atoms with Gasteiger partial charge in [-0.05, 0) is 66.2 Å². The van der Waals surface area contributed by atoms with Gasteiger partial charge in [0.1, 0.15) is 17.2 Å². The Morgan fingerprint density at radius 2 is 1.57 bits per heavy atom. The van der Waals surface area contributed by atoms with E-state index in [1.165, 1.54) is 11.8 Å². The molecule has 1 fully saturated rings. The molecule has 2 amide bonds. The van der Waals surface area contributed by atoms with Crippen LogP contribution in [0.1, 0.15) is 32.0 Å². The first-order chi connectivity index (χ1) is 22.6. The highest BCUT2D eigenvalue weighted by molar-refractivity contribution is 6.04. The summed E-state index contributed by atoms with van der Waals surface area (Å²) in [5, 5.41) is 3.51. The quantitative estimate of drug-likeness (QED) is 0.205. The molecule has 0 spiro atoms. The van der Waals surface area contributed by atoms with E-state index in [0.29, 0.717) is 30.2 Å². The molecule has 0 radical (unpaired) electrons. The van der Waals surface area contributed by atoms with Gasteiger partial charge in [0, 0.05) is 62.9 Å². The molecular weight excluding hydrogens is 611 g/mol. The number of aryl methyl sites for hydroxylation is 1. The minimum absolute atomic E-state index is 0.0223. The second-order valence-corrected chi connectivity index (χ2v) is 11.2. The molecule has 0 unspecified atom stereocenters. The van der Waals surface area contributed by atoms with Crippen molar-refractivity contribution in [1.82, 2.24) is 19.4 Å². The molecule has 0 saturated carbocycles. The van der Waals surface area contributed by atoms with Gasteiger partial charge in [-0.2, -0.15) is 13.2 Å². The number of rotatable bonds is 8. The Hall–Kier alpha value is -5.36. The molecule has 1 aliphatic rings. The van der Waals surface area contributed by atoms with Gasteiger partial charge in [-0.3, -0.25) is 14.5 Å². The molecule has 1 aliphatic heterocycles. The average Bonchev–Trinajstić information content (AvgIpc) is 3.41. The fraction of sp³-hybridized carbons (Fsp3) is 0.229. The maximum atomic E-state index is 13.5. The van der Waals surface area contributed by atoms with Crippen LogP contribution in [-0.2, 0) is 19.8 Å². The molecule has 3 aromatic carbocycles. The lowest BCUT2D eigenvalue weighted by molar-refractivity contribution is -0.137. The van der Waals surface area contributed by atoms with E-state index in [9.17, 15) is 22.8 Å². The molecule has 47 heavy (non-hydrogen) atoms. The highest BCUT2D eigenvalue weighted by Crippen LogP contribution is 2.30. The molecule has 3 heterocycles. The van der Waals surface area contributed by atoms with Crippen LogP contribution >= 0.6 is 0 Å². The van der Waals surface area contributed by atoms with Gasteiger partial charge in [-0.15, -0.1) is 0 Å². The van der Waals surface area contributed by atoms with E-state index in [4.69, 9.17) is 9.47 Å². The van der Waals surface area contributed by atoms with Crippen LogP contribution in [0.25, 0.3) is 10.9 Å². The van der Waals surface area contributed by atoms with Crippen molar-refractivity contribution in [2.24, 2.45) is 7.05 Å². The third kappa shape index (κ3) is 7.23. The summed E-state index contributed by atoms with van der Waals surface area (Å²) in [5.41, 5.74) is 2.22. The summed E-state index contributed by atoms with van der Waals surface area (Å²) >= 11 is 0. The van der Waals surface area contributed by atoms with E-state index in [1.54, 1.807) is 25.3 Å². The standard InChI is InChI=1S/C35H32F3N5O4/c1-41-30-20-29(47-32-14-10-27(21-39-32)40-33(44)24-5-8-26(9-6-24)35(36,37)38)13-7-25(30)19-31(41)34(45)43-17-15-42(16-18-43)22-23-3-11-28(46-2)12-4-23/h3-14,19-21H,15-18,22H2,1-2H3,(H,40,44). The maximum absolute atomic E-state index is 13.5. The Balaban J connectivity index is 1.05. The summed E-state index contributed by atoms with van der Waals surface area (Å²) in [6.07, 6.45) is -3.08. The number of piperazine rings is 1. The number of alkyl halides is 3. The van der Waals surface area contributed by atoms with Crippen LogP contribution in [0.5, 0.6) is 17.4 Å². The van der Waals surface area contributed by atoms with E-state index in [2.05, 4.69) is 27.3 Å². The second-order valence-electron chi connectivity index (χ2n) is 11.2. The SMILES string of the molecule is COc1ccc(CN2CCN(C(=O)c3cc4ccc(Oc5ccc(NC(=O)c6ccc(C(F)(F)F)cc6)cn5)cc4n3C)CC2)cc1. The number of fused-ring (bicyclic) bond motifs is 1. The number of amides is 2. The predicted molar refractivity (Wildman–Crippen MR) is 171 cm³/mol. The van der Waals surface area contributed by atoms with Crippen molar-refractivity contribution in [2.75, 3.05) is 38.6 Å². The Morgan fingerprint density at radius 1 is 0.872 bits per heavy atom. The number of nitrogens with one attached hydrogen (secondary N) is 1. The van der Waals surface area contributed by atoms with E-state index in [1.807, 2.05) is 46.8 Å². The lowest BCUT2D eigenvalue weighted by Gasteiger charge is -2.34. The van der Waals surface area contributed by atoms with Crippen LogP contribution in [0.3, 0.4) is 0 Å². The number of carbonyl (C=O) groups excluding carboxylic acids is 2. The van der Waals surface area contributed by atoms with Crippen molar-refractivity contribution >= 4 is 28.4 Å². The molecular formula is C35H32F3N5O4. The van der Waals surface area contributed by atoms with Crippen LogP contribution in [0.2, 0.25) is 0 Å². The van der Waals surface area contributed by atoms with Crippen molar-refractivity contribution in [3.8, 4) is 17.4 Å². The smallest absolute Gasteiger partial charge is 0.416 e. The number of carbonyl (C=O) groups is 2.